The van der Waals surface area contributed by atoms with Crippen LogP contribution in [0.4, 0.5) is 0 Å². The summed E-state index contributed by atoms with van der Waals surface area (Å²) in [6, 6.07) is 16.9. The highest BCUT2D eigenvalue weighted by Gasteiger charge is 2.42. The summed E-state index contributed by atoms with van der Waals surface area (Å²) >= 11 is 9.39. The second-order valence-corrected chi connectivity index (χ2v) is 9.85. The van der Waals surface area contributed by atoms with Crippen molar-refractivity contribution in [1.82, 2.24) is 19.8 Å². The van der Waals surface area contributed by atoms with E-state index in [1.54, 1.807) is 0 Å². The summed E-state index contributed by atoms with van der Waals surface area (Å²) in [7, 11) is 0. The van der Waals surface area contributed by atoms with Crippen molar-refractivity contribution in [3.63, 3.8) is 0 Å². The van der Waals surface area contributed by atoms with Gasteiger partial charge in [0, 0.05) is 40.9 Å². The zero-order chi connectivity index (χ0) is 22.2. The van der Waals surface area contributed by atoms with Gasteiger partial charge in [-0.2, -0.15) is 0 Å². The van der Waals surface area contributed by atoms with Gasteiger partial charge in [-0.05, 0) is 86.9 Å². The average Bonchev–Trinajstić information content (AvgIpc) is 3.49. The van der Waals surface area contributed by atoms with Gasteiger partial charge in [0.05, 0.1) is 23.9 Å². The SMILES string of the molecule is Cc1cc([C@@H]2[C@@H](c3ccccn3)NC(=S)N2C[C@@H]2CCCO2)c(C)n1-c1ccc(Br)cc1. The van der Waals surface area contributed by atoms with E-state index < -0.39 is 0 Å². The third-order valence-electron chi connectivity index (χ3n) is 6.50. The molecule has 0 spiro atoms. The van der Waals surface area contributed by atoms with Gasteiger partial charge in [-0.3, -0.25) is 4.98 Å². The molecule has 2 fully saturated rings. The minimum absolute atomic E-state index is 0.0102. The predicted molar refractivity (Wildman–Crippen MR) is 134 cm³/mol. The van der Waals surface area contributed by atoms with Crippen LogP contribution in [0.25, 0.3) is 5.69 Å². The van der Waals surface area contributed by atoms with Gasteiger partial charge in [0.2, 0.25) is 0 Å². The van der Waals surface area contributed by atoms with E-state index in [2.05, 4.69) is 85.9 Å². The van der Waals surface area contributed by atoms with Crippen molar-refractivity contribution < 1.29 is 4.74 Å². The normalized spacial score (nSPS) is 23.0. The van der Waals surface area contributed by atoms with E-state index in [0.717, 1.165) is 47.0 Å². The molecule has 2 aromatic heterocycles. The fraction of sp³-hybridized carbons (Fsp3) is 0.360. The van der Waals surface area contributed by atoms with Crippen molar-refractivity contribution in [2.75, 3.05) is 13.2 Å². The lowest BCUT2D eigenvalue weighted by Crippen LogP contribution is -2.36. The summed E-state index contributed by atoms with van der Waals surface area (Å²) in [5.41, 5.74) is 5.85. The number of rotatable bonds is 5. The molecule has 2 saturated heterocycles. The number of aromatic nitrogens is 2. The van der Waals surface area contributed by atoms with E-state index >= 15 is 0 Å². The summed E-state index contributed by atoms with van der Waals surface area (Å²) in [5, 5.41) is 4.34. The van der Waals surface area contributed by atoms with E-state index in [-0.39, 0.29) is 18.2 Å². The molecule has 0 saturated carbocycles. The monoisotopic (exact) mass is 510 g/mol. The van der Waals surface area contributed by atoms with Crippen molar-refractivity contribution in [2.45, 2.75) is 44.9 Å². The molecule has 3 atom stereocenters. The van der Waals surface area contributed by atoms with E-state index in [9.17, 15) is 0 Å². The number of thiocarbonyl (C=S) groups is 1. The third-order valence-corrected chi connectivity index (χ3v) is 7.38. The van der Waals surface area contributed by atoms with Gasteiger partial charge in [-0.1, -0.05) is 22.0 Å². The van der Waals surface area contributed by atoms with Gasteiger partial charge < -0.3 is 19.5 Å². The van der Waals surface area contributed by atoms with Crippen molar-refractivity contribution in [3.8, 4) is 5.69 Å². The second-order valence-electron chi connectivity index (χ2n) is 8.55. The van der Waals surface area contributed by atoms with Gasteiger partial charge >= 0.3 is 0 Å². The molecule has 0 bridgehead atoms. The molecule has 166 valence electrons. The van der Waals surface area contributed by atoms with Crippen LogP contribution in [0.15, 0.2) is 59.2 Å². The molecule has 3 aromatic rings. The van der Waals surface area contributed by atoms with Crippen molar-refractivity contribution in [2.24, 2.45) is 0 Å². The minimum atomic E-state index is -0.0102. The molecule has 1 N–H and O–H groups in total. The summed E-state index contributed by atoms with van der Waals surface area (Å²) in [6.07, 6.45) is 4.27. The smallest absolute Gasteiger partial charge is 0.170 e. The number of pyridine rings is 1. The molecule has 2 aliphatic heterocycles. The van der Waals surface area contributed by atoms with Gasteiger partial charge in [0.15, 0.2) is 5.11 Å². The molecule has 1 aromatic carbocycles. The Labute approximate surface area is 202 Å². The fourth-order valence-electron chi connectivity index (χ4n) is 5.02. The first-order chi connectivity index (χ1) is 15.5. The van der Waals surface area contributed by atoms with Crippen LogP contribution in [0, 0.1) is 13.8 Å². The molecular weight excluding hydrogens is 484 g/mol. The number of halogens is 1. The molecule has 7 heteroatoms. The Bertz CT molecular complexity index is 1110. The fourth-order valence-corrected chi connectivity index (χ4v) is 5.60. The molecule has 0 radical (unpaired) electrons. The van der Waals surface area contributed by atoms with Crippen LogP contribution in [-0.2, 0) is 4.74 Å². The predicted octanol–water partition coefficient (Wildman–Crippen LogP) is 5.40. The maximum atomic E-state index is 5.97. The zero-order valence-corrected chi connectivity index (χ0v) is 20.7. The van der Waals surface area contributed by atoms with E-state index in [1.165, 1.54) is 17.0 Å². The summed E-state index contributed by atoms with van der Waals surface area (Å²) in [6.45, 7) is 6.00. The maximum absolute atomic E-state index is 5.97. The van der Waals surface area contributed by atoms with Gasteiger partial charge in [-0.25, -0.2) is 0 Å². The van der Waals surface area contributed by atoms with Crippen molar-refractivity contribution >= 4 is 33.3 Å². The molecule has 5 nitrogen and oxygen atoms in total. The first-order valence-electron chi connectivity index (χ1n) is 11.1. The number of benzene rings is 1. The van der Waals surface area contributed by atoms with Crippen LogP contribution in [0.1, 0.15) is 47.6 Å². The Balaban J connectivity index is 1.58. The van der Waals surface area contributed by atoms with Crippen LogP contribution < -0.4 is 5.32 Å². The highest BCUT2D eigenvalue weighted by atomic mass is 79.9. The largest absolute Gasteiger partial charge is 0.376 e. The van der Waals surface area contributed by atoms with Crippen molar-refractivity contribution in [3.05, 3.63) is 81.8 Å². The van der Waals surface area contributed by atoms with Crippen LogP contribution in [-0.4, -0.2) is 38.8 Å². The first-order valence-corrected chi connectivity index (χ1v) is 12.3. The Morgan fingerprint density at radius 3 is 2.69 bits per heavy atom. The van der Waals surface area contributed by atoms with Crippen LogP contribution in [0.2, 0.25) is 0 Å². The Hall–Kier alpha value is -2.22. The highest BCUT2D eigenvalue weighted by Crippen LogP contribution is 2.42. The third kappa shape index (κ3) is 3.98. The molecule has 32 heavy (non-hydrogen) atoms. The summed E-state index contributed by atoms with van der Waals surface area (Å²) in [5.74, 6) is 0. The Kier molecular flexibility index (Phi) is 6.05. The quantitative estimate of drug-likeness (QED) is 0.465. The number of nitrogens with zero attached hydrogens (tertiary/aromatic N) is 3. The van der Waals surface area contributed by atoms with Gasteiger partial charge in [-0.15, -0.1) is 0 Å². The molecule has 0 aliphatic carbocycles. The van der Waals surface area contributed by atoms with Crippen molar-refractivity contribution in [1.29, 1.82) is 0 Å². The first kappa shape index (κ1) is 21.6. The van der Waals surface area contributed by atoms with E-state index in [0.29, 0.717) is 0 Å². The number of hydrogen-bond donors (Lipinski definition) is 1. The Morgan fingerprint density at radius 1 is 1.19 bits per heavy atom. The Morgan fingerprint density at radius 2 is 2.00 bits per heavy atom. The van der Waals surface area contributed by atoms with E-state index in [1.807, 2.05) is 18.3 Å². The topological polar surface area (TPSA) is 42.3 Å². The number of ether oxygens (including phenoxy) is 1. The average molecular weight is 511 g/mol. The lowest BCUT2D eigenvalue weighted by molar-refractivity contribution is 0.0842. The maximum Gasteiger partial charge on any atom is 0.170 e. The standard InChI is InChI=1S/C25H27BrN4OS/c1-16-14-21(17(2)30(16)19-10-8-18(26)9-11-19)24-23(22-7-3-4-12-27-22)28-25(32)29(24)15-20-6-5-13-31-20/h3-4,7-12,14,20,23-24H,5-6,13,15H2,1-2H3,(H,28,32)/t20-,23+,24+/m0/s1. The van der Waals surface area contributed by atoms with Crippen LogP contribution in [0.3, 0.4) is 0 Å². The second kappa shape index (κ2) is 8.96. The molecular formula is C25H27BrN4OS. The summed E-state index contributed by atoms with van der Waals surface area (Å²) in [4.78, 5) is 6.99. The minimum Gasteiger partial charge on any atom is -0.376 e. The van der Waals surface area contributed by atoms with Crippen LogP contribution >= 0.6 is 28.1 Å². The van der Waals surface area contributed by atoms with Gasteiger partial charge in [0.1, 0.15) is 0 Å². The lowest BCUT2D eigenvalue weighted by Gasteiger charge is -2.30. The number of nitrogens with one attached hydrogen (secondary N) is 1. The summed E-state index contributed by atoms with van der Waals surface area (Å²) < 4.78 is 9.37. The molecule has 4 heterocycles. The molecule has 5 rings (SSSR count). The highest BCUT2D eigenvalue weighted by molar-refractivity contribution is 9.10. The van der Waals surface area contributed by atoms with E-state index in [4.69, 9.17) is 17.0 Å². The van der Waals surface area contributed by atoms with Crippen LogP contribution in [0.5, 0.6) is 0 Å². The molecule has 0 unspecified atom stereocenters. The number of hydrogen-bond acceptors (Lipinski definition) is 3. The lowest BCUT2D eigenvalue weighted by atomic mass is 9.96. The molecule has 2 aliphatic rings. The molecule has 0 amide bonds. The number of aryl methyl sites for hydroxylation is 1. The zero-order valence-electron chi connectivity index (χ0n) is 18.3. The van der Waals surface area contributed by atoms with Gasteiger partial charge in [0.25, 0.3) is 0 Å².